The average Bonchev–Trinajstić information content (AvgIpc) is 2.27. The van der Waals surface area contributed by atoms with E-state index >= 15 is 0 Å². The maximum atomic E-state index is 11.7. The molecule has 0 radical (unpaired) electrons. The van der Waals surface area contributed by atoms with E-state index in [1.54, 1.807) is 0 Å². The Kier molecular flexibility index (Phi) is 4.45. The fourth-order valence-corrected chi connectivity index (χ4v) is 1.39. The highest BCUT2D eigenvalue weighted by atomic mass is 16.5. The number of hydrogen-bond donors (Lipinski definition) is 2. The number of ether oxygens (including phenoxy) is 1. The average molecular weight is 238 g/mol. The topological polar surface area (TPSA) is 71.2 Å². The third-order valence-electron chi connectivity index (χ3n) is 2.26. The Hall–Kier alpha value is -1.62. The molecule has 17 heavy (non-hydrogen) atoms. The normalized spacial score (nSPS) is 11.2. The standard InChI is InChI=1S/C12H18N2O3/c1-4-17-12(2,3)8-14-11(16)9-5-6-10(15)13-7-9/h5-7H,4,8H2,1-3H3,(H,13,15)(H,14,16). The zero-order chi connectivity index (χ0) is 12.9. The Morgan fingerprint density at radius 1 is 1.47 bits per heavy atom. The number of aromatic amines is 1. The molecule has 1 amide bonds. The molecule has 1 rings (SSSR count). The fraction of sp³-hybridized carbons (Fsp3) is 0.500. The van der Waals surface area contributed by atoms with Crippen molar-refractivity contribution in [3.05, 3.63) is 34.2 Å². The largest absolute Gasteiger partial charge is 0.374 e. The lowest BCUT2D eigenvalue weighted by atomic mass is 10.1. The molecule has 5 nitrogen and oxygen atoms in total. The lowest BCUT2D eigenvalue weighted by molar-refractivity contribution is -0.00815. The van der Waals surface area contributed by atoms with E-state index in [4.69, 9.17) is 4.74 Å². The predicted molar refractivity (Wildman–Crippen MR) is 65.1 cm³/mol. The summed E-state index contributed by atoms with van der Waals surface area (Å²) in [7, 11) is 0. The van der Waals surface area contributed by atoms with Crippen LogP contribution in [0.1, 0.15) is 31.1 Å². The molecule has 0 spiro atoms. The van der Waals surface area contributed by atoms with Gasteiger partial charge in [-0.25, -0.2) is 0 Å². The van der Waals surface area contributed by atoms with Crippen molar-refractivity contribution >= 4 is 5.91 Å². The van der Waals surface area contributed by atoms with E-state index in [1.807, 2.05) is 20.8 Å². The van der Waals surface area contributed by atoms with Crippen molar-refractivity contribution in [3.8, 4) is 0 Å². The third-order valence-corrected chi connectivity index (χ3v) is 2.26. The second kappa shape index (κ2) is 5.63. The van der Waals surface area contributed by atoms with E-state index in [0.29, 0.717) is 18.7 Å². The van der Waals surface area contributed by atoms with Crippen molar-refractivity contribution in [1.29, 1.82) is 0 Å². The van der Waals surface area contributed by atoms with Crippen LogP contribution >= 0.6 is 0 Å². The summed E-state index contributed by atoms with van der Waals surface area (Å²) in [6, 6.07) is 2.81. The van der Waals surface area contributed by atoms with Crippen LogP contribution in [0.15, 0.2) is 23.1 Å². The molecule has 1 aromatic heterocycles. The summed E-state index contributed by atoms with van der Waals surface area (Å²) in [6.07, 6.45) is 1.39. The van der Waals surface area contributed by atoms with Crippen molar-refractivity contribution in [3.63, 3.8) is 0 Å². The monoisotopic (exact) mass is 238 g/mol. The van der Waals surface area contributed by atoms with Gasteiger partial charge in [0, 0.05) is 25.4 Å². The highest BCUT2D eigenvalue weighted by molar-refractivity contribution is 5.93. The minimum atomic E-state index is -0.396. The summed E-state index contributed by atoms with van der Waals surface area (Å²) in [5.41, 5.74) is -0.194. The van der Waals surface area contributed by atoms with Crippen LogP contribution in [0, 0.1) is 0 Å². The van der Waals surface area contributed by atoms with E-state index in [2.05, 4.69) is 10.3 Å². The van der Waals surface area contributed by atoms with Gasteiger partial charge in [0.2, 0.25) is 5.56 Å². The highest BCUT2D eigenvalue weighted by Crippen LogP contribution is 2.07. The van der Waals surface area contributed by atoms with Crippen LogP contribution < -0.4 is 10.9 Å². The second-order valence-corrected chi connectivity index (χ2v) is 4.32. The summed E-state index contributed by atoms with van der Waals surface area (Å²) < 4.78 is 5.46. The van der Waals surface area contributed by atoms with E-state index in [0.717, 1.165) is 0 Å². The van der Waals surface area contributed by atoms with Gasteiger partial charge < -0.3 is 15.0 Å². The lowest BCUT2D eigenvalue weighted by Gasteiger charge is -2.24. The maximum Gasteiger partial charge on any atom is 0.252 e. The fourth-order valence-electron chi connectivity index (χ4n) is 1.39. The third kappa shape index (κ3) is 4.40. The Morgan fingerprint density at radius 2 is 2.18 bits per heavy atom. The first-order chi connectivity index (χ1) is 7.94. The SMILES string of the molecule is CCOC(C)(C)CNC(=O)c1ccc(=O)[nH]c1. The molecule has 0 saturated carbocycles. The van der Waals surface area contributed by atoms with Gasteiger partial charge in [-0.05, 0) is 26.8 Å². The number of amides is 1. The second-order valence-electron chi connectivity index (χ2n) is 4.32. The summed E-state index contributed by atoms with van der Waals surface area (Å²) in [4.78, 5) is 25.0. The van der Waals surface area contributed by atoms with E-state index in [1.165, 1.54) is 18.3 Å². The van der Waals surface area contributed by atoms with Gasteiger partial charge in [0.05, 0.1) is 11.2 Å². The van der Waals surface area contributed by atoms with Crippen LogP contribution in [0.5, 0.6) is 0 Å². The summed E-state index contributed by atoms with van der Waals surface area (Å²) in [5.74, 6) is -0.228. The quantitative estimate of drug-likeness (QED) is 0.801. The van der Waals surface area contributed by atoms with Gasteiger partial charge >= 0.3 is 0 Å². The summed E-state index contributed by atoms with van der Waals surface area (Å²) in [5, 5.41) is 2.76. The van der Waals surface area contributed by atoms with Gasteiger partial charge in [0.1, 0.15) is 0 Å². The molecule has 0 atom stereocenters. The van der Waals surface area contributed by atoms with Gasteiger partial charge in [-0.1, -0.05) is 0 Å². The molecule has 0 aliphatic heterocycles. The number of carbonyl (C=O) groups excluding carboxylic acids is 1. The first-order valence-electron chi connectivity index (χ1n) is 5.55. The van der Waals surface area contributed by atoms with Crippen LogP contribution in [0.2, 0.25) is 0 Å². The maximum absolute atomic E-state index is 11.7. The summed E-state index contributed by atoms with van der Waals surface area (Å²) >= 11 is 0. The van der Waals surface area contributed by atoms with Gasteiger partial charge in [-0.2, -0.15) is 0 Å². The number of hydrogen-bond acceptors (Lipinski definition) is 3. The number of pyridine rings is 1. The van der Waals surface area contributed by atoms with Crippen LogP contribution in [-0.4, -0.2) is 29.6 Å². The summed E-state index contributed by atoms with van der Waals surface area (Å²) in [6.45, 7) is 6.74. The minimum absolute atomic E-state index is 0.226. The number of nitrogens with one attached hydrogen (secondary N) is 2. The molecule has 0 saturated heterocycles. The van der Waals surface area contributed by atoms with Crippen molar-refractivity contribution in [2.24, 2.45) is 0 Å². The molecule has 94 valence electrons. The van der Waals surface area contributed by atoms with Gasteiger partial charge in [-0.3, -0.25) is 9.59 Å². The van der Waals surface area contributed by atoms with Crippen LogP contribution in [0.3, 0.4) is 0 Å². The van der Waals surface area contributed by atoms with Gasteiger partial charge in [0.25, 0.3) is 5.91 Å². The number of aromatic nitrogens is 1. The first kappa shape index (κ1) is 13.4. The Morgan fingerprint density at radius 3 is 2.71 bits per heavy atom. The molecular formula is C12H18N2O3. The number of rotatable bonds is 5. The zero-order valence-electron chi connectivity index (χ0n) is 10.4. The van der Waals surface area contributed by atoms with E-state index < -0.39 is 5.60 Å². The molecule has 0 bridgehead atoms. The van der Waals surface area contributed by atoms with E-state index in [9.17, 15) is 9.59 Å². The van der Waals surface area contributed by atoms with Crippen molar-refractivity contribution in [2.45, 2.75) is 26.4 Å². The smallest absolute Gasteiger partial charge is 0.252 e. The molecule has 0 aromatic carbocycles. The molecule has 5 heteroatoms. The molecule has 0 fully saturated rings. The Balaban J connectivity index is 2.55. The first-order valence-corrected chi connectivity index (χ1v) is 5.55. The molecule has 0 aliphatic carbocycles. The number of carbonyl (C=O) groups is 1. The zero-order valence-corrected chi connectivity index (χ0v) is 10.4. The Labute approximate surface area is 100 Å². The molecule has 1 aromatic rings. The van der Waals surface area contributed by atoms with E-state index in [-0.39, 0.29) is 11.5 Å². The number of H-pyrrole nitrogens is 1. The van der Waals surface area contributed by atoms with Crippen LogP contribution in [0.4, 0.5) is 0 Å². The molecule has 2 N–H and O–H groups in total. The molecular weight excluding hydrogens is 220 g/mol. The minimum Gasteiger partial charge on any atom is -0.374 e. The highest BCUT2D eigenvalue weighted by Gasteiger charge is 2.18. The predicted octanol–water partition coefficient (Wildman–Crippen LogP) is 0.920. The molecule has 1 heterocycles. The Bertz CT molecular complexity index is 417. The van der Waals surface area contributed by atoms with Crippen molar-refractivity contribution in [1.82, 2.24) is 10.3 Å². The van der Waals surface area contributed by atoms with Crippen molar-refractivity contribution < 1.29 is 9.53 Å². The van der Waals surface area contributed by atoms with Gasteiger partial charge in [0.15, 0.2) is 0 Å². The molecule has 0 unspecified atom stereocenters. The van der Waals surface area contributed by atoms with Crippen molar-refractivity contribution in [2.75, 3.05) is 13.2 Å². The molecule has 0 aliphatic rings. The lowest BCUT2D eigenvalue weighted by Crippen LogP contribution is -2.40. The van der Waals surface area contributed by atoms with Gasteiger partial charge in [-0.15, -0.1) is 0 Å². The van der Waals surface area contributed by atoms with Crippen LogP contribution in [0.25, 0.3) is 0 Å². The van der Waals surface area contributed by atoms with Crippen LogP contribution in [-0.2, 0) is 4.74 Å².